The number of carbonyl (C=O) groups excluding carboxylic acids is 1. The van der Waals surface area contributed by atoms with E-state index in [-0.39, 0.29) is 5.91 Å². The Morgan fingerprint density at radius 2 is 2.28 bits per heavy atom. The molecule has 0 aromatic carbocycles. The first-order valence-electron chi connectivity index (χ1n) is 6.36. The highest BCUT2D eigenvalue weighted by Crippen LogP contribution is 2.38. The van der Waals surface area contributed by atoms with Crippen molar-refractivity contribution in [2.24, 2.45) is 0 Å². The van der Waals surface area contributed by atoms with Crippen molar-refractivity contribution in [1.29, 1.82) is 0 Å². The minimum atomic E-state index is -0.619. The van der Waals surface area contributed by atoms with E-state index in [0.717, 1.165) is 31.6 Å². The van der Waals surface area contributed by atoms with Gasteiger partial charge in [0.25, 0.3) is 0 Å². The second-order valence-electron chi connectivity index (χ2n) is 4.83. The van der Waals surface area contributed by atoms with Crippen LogP contribution in [0.1, 0.15) is 25.5 Å². The van der Waals surface area contributed by atoms with Crippen LogP contribution < -0.4 is 0 Å². The fourth-order valence-corrected chi connectivity index (χ4v) is 2.83. The number of rotatable bonds is 3. The number of likely N-dealkylation sites (tertiary alicyclic amines) is 1. The fraction of sp³-hybridized carbons (Fsp3) is 0.615. The maximum atomic E-state index is 12.7. The van der Waals surface area contributed by atoms with Crippen LogP contribution in [0.3, 0.4) is 0 Å². The largest absolute Gasteiger partial charge is 0.347 e. The van der Waals surface area contributed by atoms with Gasteiger partial charge in [0.1, 0.15) is 5.54 Å². The summed E-state index contributed by atoms with van der Waals surface area (Å²) in [5.74, 6) is 0.0994. The van der Waals surface area contributed by atoms with E-state index in [2.05, 4.69) is 21.8 Å². The van der Waals surface area contributed by atoms with E-state index < -0.39 is 5.54 Å². The van der Waals surface area contributed by atoms with Gasteiger partial charge in [-0.2, -0.15) is 0 Å². The maximum Gasteiger partial charge on any atom is 0.248 e. The van der Waals surface area contributed by atoms with E-state index in [9.17, 15) is 4.79 Å². The number of nitrogens with zero attached hydrogens (tertiary/aromatic N) is 4. The molecule has 1 aliphatic rings. The second kappa shape index (κ2) is 5.02. The van der Waals surface area contributed by atoms with Crippen molar-refractivity contribution >= 4 is 5.91 Å². The molecule has 1 aromatic rings. The number of hydrogen-bond acceptors (Lipinski definition) is 4. The van der Waals surface area contributed by atoms with Gasteiger partial charge >= 0.3 is 0 Å². The first kappa shape index (κ1) is 13.0. The molecule has 0 unspecified atom stereocenters. The lowest BCUT2D eigenvalue weighted by Gasteiger charge is -2.37. The maximum absolute atomic E-state index is 12.7. The Morgan fingerprint density at radius 1 is 1.50 bits per heavy atom. The molecule has 5 heteroatoms. The molecule has 0 bridgehead atoms. The first-order valence-corrected chi connectivity index (χ1v) is 6.36. The van der Waals surface area contributed by atoms with Gasteiger partial charge in [0, 0.05) is 26.5 Å². The molecule has 0 radical (unpaired) electrons. The number of amides is 1. The quantitative estimate of drug-likeness (QED) is 0.796. The number of hydrogen-bond donors (Lipinski definition) is 0. The van der Waals surface area contributed by atoms with Gasteiger partial charge in [-0.1, -0.05) is 6.92 Å². The van der Waals surface area contributed by atoms with Gasteiger partial charge in [0.2, 0.25) is 5.91 Å². The summed E-state index contributed by atoms with van der Waals surface area (Å²) in [6.45, 7) is 3.86. The lowest BCUT2D eigenvalue weighted by atomic mass is 9.90. The molecule has 0 saturated carbocycles. The van der Waals surface area contributed by atoms with Crippen LogP contribution in [0.4, 0.5) is 0 Å². The molecule has 0 aliphatic carbocycles. The molecular weight excluding hydrogens is 228 g/mol. The van der Waals surface area contributed by atoms with Crippen molar-refractivity contribution < 1.29 is 4.79 Å². The molecule has 2 rings (SSSR count). The Hall–Kier alpha value is -1.49. The zero-order chi connectivity index (χ0) is 13.2. The monoisotopic (exact) mass is 248 g/mol. The summed E-state index contributed by atoms with van der Waals surface area (Å²) in [6, 6.07) is 0. The summed E-state index contributed by atoms with van der Waals surface area (Å²) in [5.41, 5.74) is 0.148. The van der Waals surface area contributed by atoms with Gasteiger partial charge in [-0.25, -0.2) is 0 Å². The molecule has 1 aromatic heterocycles. The van der Waals surface area contributed by atoms with E-state index in [4.69, 9.17) is 0 Å². The molecule has 0 N–H and O–H groups in total. The minimum Gasteiger partial charge on any atom is -0.347 e. The van der Waals surface area contributed by atoms with Gasteiger partial charge in [-0.3, -0.25) is 19.7 Å². The van der Waals surface area contributed by atoms with E-state index in [1.807, 2.05) is 0 Å². The van der Waals surface area contributed by atoms with E-state index in [1.54, 1.807) is 37.6 Å². The topological polar surface area (TPSA) is 49.3 Å². The zero-order valence-corrected chi connectivity index (χ0v) is 11.3. The summed E-state index contributed by atoms with van der Waals surface area (Å²) in [7, 11) is 3.60. The number of aromatic nitrogens is 2. The highest BCUT2D eigenvalue weighted by atomic mass is 16.2. The Kier molecular flexibility index (Phi) is 3.61. The predicted octanol–water partition coefficient (Wildman–Crippen LogP) is 0.876. The summed E-state index contributed by atoms with van der Waals surface area (Å²) in [5, 5.41) is 0. The van der Waals surface area contributed by atoms with E-state index >= 15 is 0 Å². The lowest BCUT2D eigenvalue weighted by molar-refractivity contribution is -0.141. The predicted molar refractivity (Wildman–Crippen MR) is 68.9 cm³/mol. The fourth-order valence-electron chi connectivity index (χ4n) is 2.83. The molecule has 1 aliphatic heterocycles. The average Bonchev–Trinajstić information content (AvgIpc) is 2.83. The molecular formula is C13H20N4O. The van der Waals surface area contributed by atoms with Crippen LogP contribution in [0.15, 0.2) is 18.6 Å². The molecule has 0 spiro atoms. The first-order chi connectivity index (χ1) is 8.63. The minimum absolute atomic E-state index is 0.0994. The van der Waals surface area contributed by atoms with Gasteiger partial charge in [-0.15, -0.1) is 0 Å². The Balaban J connectivity index is 2.50. The van der Waals surface area contributed by atoms with Crippen molar-refractivity contribution in [2.45, 2.75) is 25.3 Å². The van der Waals surface area contributed by atoms with Crippen LogP contribution in [0.5, 0.6) is 0 Å². The Morgan fingerprint density at radius 3 is 2.83 bits per heavy atom. The highest BCUT2D eigenvalue weighted by Gasteiger charge is 2.50. The smallest absolute Gasteiger partial charge is 0.248 e. The third-order valence-corrected chi connectivity index (χ3v) is 3.64. The molecule has 1 atom stereocenters. The van der Waals surface area contributed by atoms with Crippen molar-refractivity contribution in [3.8, 4) is 0 Å². The molecule has 1 fully saturated rings. The van der Waals surface area contributed by atoms with Crippen LogP contribution in [0.25, 0.3) is 0 Å². The molecule has 1 saturated heterocycles. The van der Waals surface area contributed by atoms with Crippen molar-refractivity contribution in [3.05, 3.63) is 24.3 Å². The molecule has 1 amide bonds. The lowest BCUT2D eigenvalue weighted by Crippen LogP contribution is -2.53. The van der Waals surface area contributed by atoms with Crippen molar-refractivity contribution in [3.63, 3.8) is 0 Å². The normalized spacial score (nSPS) is 24.2. The van der Waals surface area contributed by atoms with Crippen molar-refractivity contribution in [1.82, 2.24) is 19.8 Å². The summed E-state index contributed by atoms with van der Waals surface area (Å²) >= 11 is 0. The molecule has 18 heavy (non-hydrogen) atoms. The van der Waals surface area contributed by atoms with E-state index in [0.29, 0.717) is 0 Å². The SMILES string of the molecule is CCN1CCC[C@]1(C(=O)N(C)C)c1cnccn1. The molecule has 98 valence electrons. The third kappa shape index (κ3) is 1.88. The third-order valence-electron chi connectivity index (χ3n) is 3.64. The van der Waals surface area contributed by atoms with Gasteiger partial charge < -0.3 is 4.90 Å². The Labute approximate surface area is 108 Å². The zero-order valence-electron chi connectivity index (χ0n) is 11.3. The van der Waals surface area contributed by atoms with Crippen LogP contribution in [0.2, 0.25) is 0 Å². The van der Waals surface area contributed by atoms with Gasteiger partial charge in [-0.05, 0) is 25.9 Å². The van der Waals surface area contributed by atoms with Crippen molar-refractivity contribution in [2.75, 3.05) is 27.2 Å². The average molecular weight is 248 g/mol. The van der Waals surface area contributed by atoms with Crippen LogP contribution >= 0.6 is 0 Å². The summed E-state index contributed by atoms with van der Waals surface area (Å²) in [4.78, 5) is 25.0. The number of likely N-dealkylation sites (N-methyl/N-ethyl adjacent to an activating group) is 2. The second-order valence-corrected chi connectivity index (χ2v) is 4.83. The Bertz CT molecular complexity index is 420. The summed E-state index contributed by atoms with van der Waals surface area (Å²) in [6.07, 6.45) is 6.85. The molecule has 5 nitrogen and oxygen atoms in total. The van der Waals surface area contributed by atoms with Gasteiger partial charge in [0.05, 0.1) is 11.9 Å². The van der Waals surface area contributed by atoms with Crippen LogP contribution in [0, 0.1) is 0 Å². The molecule has 2 heterocycles. The van der Waals surface area contributed by atoms with Crippen LogP contribution in [-0.2, 0) is 10.3 Å². The van der Waals surface area contributed by atoms with E-state index in [1.165, 1.54) is 0 Å². The number of carbonyl (C=O) groups is 1. The summed E-state index contributed by atoms with van der Waals surface area (Å²) < 4.78 is 0. The van der Waals surface area contributed by atoms with Crippen LogP contribution in [-0.4, -0.2) is 52.9 Å². The standard InChI is InChI=1S/C13H20N4O/c1-4-17-9-5-6-13(17,12(18)16(2)3)11-10-14-7-8-15-11/h7-8,10H,4-6,9H2,1-3H3/t13-/m1/s1. The highest BCUT2D eigenvalue weighted by molar-refractivity contribution is 5.87. The van der Waals surface area contributed by atoms with Gasteiger partial charge in [0.15, 0.2) is 0 Å².